The van der Waals surface area contributed by atoms with Crippen LogP contribution in [0.4, 0.5) is 5.69 Å². The Morgan fingerprint density at radius 2 is 1.54 bits per heavy atom. The van der Waals surface area contributed by atoms with E-state index < -0.39 is 10.0 Å². The Balaban J connectivity index is 1.40. The highest BCUT2D eigenvalue weighted by atomic mass is 32.2. The smallest absolute Gasteiger partial charge is 0.255 e. The Bertz CT molecular complexity index is 1300. The maximum Gasteiger partial charge on any atom is 0.255 e. The van der Waals surface area contributed by atoms with Crippen molar-refractivity contribution < 1.29 is 22.7 Å². The number of carbonyl (C=O) groups is 2. The first-order valence-corrected chi connectivity index (χ1v) is 12.7. The number of hydrogen-bond donors (Lipinski definition) is 2. The van der Waals surface area contributed by atoms with E-state index in [1.54, 1.807) is 79.9 Å². The third-order valence-corrected chi connectivity index (χ3v) is 7.76. The van der Waals surface area contributed by atoms with Crippen LogP contribution in [-0.4, -0.2) is 44.7 Å². The SMILES string of the molecule is COc1ccc(C(=O)Nc2ccccc2C(=O)NCc2ccc(S(=O)(=O)N3CCCC3)cc2)cc1. The molecule has 4 rings (SSSR count). The average Bonchev–Trinajstić information content (AvgIpc) is 3.44. The number of nitrogens with one attached hydrogen (secondary N) is 2. The number of carbonyl (C=O) groups excluding carboxylic acids is 2. The molecule has 35 heavy (non-hydrogen) atoms. The molecule has 0 saturated carbocycles. The topological polar surface area (TPSA) is 105 Å². The van der Waals surface area contributed by atoms with Gasteiger partial charge in [0.25, 0.3) is 11.8 Å². The molecular weight excluding hydrogens is 466 g/mol. The quantitative estimate of drug-likeness (QED) is 0.498. The van der Waals surface area contributed by atoms with Gasteiger partial charge in [-0.3, -0.25) is 9.59 Å². The first-order valence-electron chi connectivity index (χ1n) is 11.3. The van der Waals surface area contributed by atoms with Crippen LogP contribution in [0.25, 0.3) is 0 Å². The molecule has 1 saturated heterocycles. The van der Waals surface area contributed by atoms with Crippen molar-refractivity contribution in [3.8, 4) is 5.75 Å². The second-order valence-corrected chi connectivity index (χ2v) is 10.1. The number of nitrogens with zero attached hydrogens (tertiary/aromatic N) is 1. The van der Waals surface area contributed by atoms with Crippen LogP contribution in [0, 0.1) is 0 Å². The fourth-order valence-corrected chi connectivity index (χ4v) is 5.38. The molecule has 0 aliphatic carbocycles. The fraction of sp³-hybridized carbons (Fsp3) is 0.231. The summed E-state index contributed by atoms with van der Waals surface area (Å²) in [6.07, 6.45) is 1.76. The lowest BCUT2D eigenvalue weighted by molar-refractivity contribution is 0.0951. The van der Waals surface area contributed by atoms with Gasteiger partial charge in [0.1, 0.15) is 5.75 Å². The van der Waals surface area contributed by atoms with Crippen molar-refractivity contribution in [2.75, 3.05) is 25.5 Å². The highest BCUT2D eigenvalue weighted by Crippen LogP contribution is 2.22. The van der Waals surface area contributed by atoms with Gasteiger partial charge in [-0.2, -0.15) is 4.31 Å². The van der Waals surface area contributed by atoms with E-state index in [9.17, 15) is 18.0 Å². The molecule has 2 amide bonds. The Hall–Kier alpha value is -3.69. The molecule has 3 aromatic rings. The maximum atomic E-state index is 12.9. The first-order chi connectivity index (χ1) is 16.9. The zero-order chi connectivity index (χ0) is 24.8. The summed E-state index contributed by atoms with van der Waals surface area (Å²) in [5.74, 6) is -0.0601. The number of amides is 2. The van der Waals surface area contributed by atoms with Crippen molar-refractivity contribution in [2.24, 2.45) is 0 Å². The molecular formula is C26H27N3O5S. The molecule has 0 atom stereocenters. The van der Waals surface area contributed by atoms with Crippen LogP contribution < -0.4 is 15.4 Å². The van der Waals surface area contributed by atoms with Gasteiger partial charge in [0.2, 0.25) is 10.0 Å². The standard InChI is InChI=1S/C26H27N3O5S/c1-34-21-12-10-20(11-13-21)25(30)28-24-7-3-2-6-23(24)26(31)27-18-19-8-14-22(15-9-19)35(32,33)29-16-4-5-17-29/h2-3,6-15H,4-5,16-18H2,1H3,(H,27,31)(H,28,30). The molecule has 0 bridgehead atoms. The normalized spacial score (nSPS) is 13.9. The van der Waals surface area contributed by atoms with E-state index in [1.807, 2.05) is 0 Å². The van der Waals surface area contributed by atoms with Gasteiger partial charge in [0.05, 0.1) is 23.3 Å². The maximum absolute atomic E-state index is 12.9. The third kappa shape index (κ3) is 5.70. The van der Waals surface area contributed by atoms with Gasteiger partial charge in [0.15, 0.2) is 0 Å². The number of ether oxygens (including phenoxy) is 1. The summed E-state index contributed by atoms with van der Waals surface area (Å²) in [4.78, 5) is 25.7. The lowest BCUT2D eigenvalue weighted by Crippen LogP contribution is -2.28. The van der Waals surface area contributed by atoms with Crippen molar-refractivity contribution in [1.29, 1.82) is 0 Å². The van der Waals surface area contributed by atoms with Crippen molar-refractivity contribution in [3.63, 3.8) is 0 Å². The predicted molar refractivity (Wildman–Crippen MR) is 133 cm³/mol. The highest BCUT2D eigenvalue weighted by Gasteiger charge is 2.26. The molecule has 9 heteroatoms. The lowest BCUT2D eigenvalue weighted by Gasteiger charge is -2.16. The molecule has 0 aromatic heterocycles. The Morgan fingerprint density at radius 1 is 0.886 bits per heavy atom. The van der Waals surface area contributed by atoms with E-state index in [4.69, 9.17) is 4.74 Å². The van der Waals surface area contributed by atoms with Crippen molar-refractivity contribution in [2.45, 2.75) is 24.3 Å². The van der Waals surface area contributed by atoms with Gasteiger partial charge >= 0.3 is 0 Å². The summed E-state index contributed by atoms with van der Waals surface area (Å²) in [7, 11) is -1.92. The van der Waals surface area contributed by atoms with Gasteiger partial charge in [0, 0.05) is 25.2 Å². The summed E-state index contributed by atoms with van der Waals surface area (Å²) < 4.78 is 32.0. The predicted octanol–water partition coefficient (Wildman–Crippen LogP) is 3.66. The Morgan fingerprint density at radius 3 is 2.20 bits per heavy atom. The number of sulfonamides is 1. The number of para-hydroxylation sites is 1. The number of methoxy groups -OCH3 is 1. The van der Waals surface area contributed by atoms with E-state index >= 15 is 0 Å². The molecule has 0 spiro atoms. The van der Waals surface area contributed by atoms with Gasteiger partial charge in [-0.1, -0.05) is 24.3 Å². The van der Waals surface area contributed by atoms with Crippen LogP contribution in [0.15, 0.2) is 77.7 Å². The van der Waals surface area contributed by atoms with E-state index in [1.165, 1.54) is 4.31 Å². The minimum atomic E-state index is -3.48. The third-order valence-electron chi connectivity index (χ3n) is 5.85. The van der Waals surface area contributed by atoms with Crippen LogP contribution >= 0.6 is 0 Å². The fourth-order valence-electron chi connectivity index (χ4n) is 3.86. The van der Waals surface area contributed by atoms with Crippen molar-refractivity contribution in [1.82, 2.24) is 9.62 Å². The molecule has 0 unspecified atom stereocenters. The van der Waals surface area contributed by atoms with Crippen LogP contribution in [0.2, 0.25) is 0 Å². The number of anilines is 1. The molecule has 2 N–H and O–H groups in total. The second-order valence-electron chi connectivity index (χ2n) is 8.17. The number of hydrogen-bond acceptors (Lipinski definition) is 5. The van der Waals surface area contributed by atoms with E-state index in [0.717, 1.165) is 18.4 Å². The molecule has 0 radical (unpaired) electrons. The molecule has 8 nitrogen and oxygen atoms in total. The number of benzene rings is 3. The van der Waals surface area contributed by atoms with Gasteiger partial charge in [-0.05, 0) is 66.9 Å². The van der Waals surface area contributed by atoms with Gasteiger partial charge in [-0.25, -0.2) is 8.42 Å². The van der Waals surface area contributed by atoms with E-state index in [-0.39, 0.29) is 23.3 Å². The molecule has 1 heterocycles. The minimum Gasteiger partial charge on any atom is -0.497 e. The molecule has 1 fully saturated rings. The largest absolute Gasteiger partial charge is 0.497 e. The van der Waals surface area contributed by atoms with Crippen molar-refractivity contribution >= 4 is 27.5 Å². The molecule has 1 aliphatic heterocycles. The second kappa shape index (κ2) is 10.7. The zero-order valence-electron chi connectivity index (χ0n) is 19.4. The minimum absolute atomic E-state index is 0.212. The number of rotatable bonds is 8. The molecule has 3 aromatic carbocycles. The van der Waals surface area contributed by atoms with Gasteiger partial charge < -0.3 is 15.4 Å². The van der Waals surface area contributed by atoms with Crippen LogP contribution in [0.5, 0.6) is 5.75 Å². The summed E-state index contributed by atoms with van der Waals surface area (Å²) >= 11 is 0. The van der Waals surface area contributed by atoms with Crippen LogP contribution in [-0.2, 0) is 16.6 Å². The lowest BCUT2D eigenvalue weighted by atomic mass is 10.1. The summed E-state index contributed by atoms with van der Waals surface area (Å²) in [5.41, 5.74) is 1.91. The average molecular weight is 494 g/mol. The highest BCUT2D eigenvalue weighted by molar-refractivity contribution is 7.89. The summed E-state index contributed by atoms with van der Waals surface area (Å²) in [6, 6.07) is 19.9. The van der Waals surface area contributed by atoms with E-state index in [0.29, 0.717) is 35.7 Å². The molecule has 182 valence electrons. The summed E-state index contributed by atoms with van der Waals surface area (Å²) in [6.45, 7) is 1.31. The van der Waals surface area contributed by atoms with Crippen molar-refractivity contribution in [3.05, 3.63) is 89.5 Å². The monoisotopic (exact) mass is 493 g/mol. The Labute approximate surface area is 205 Å². The van der Waals surface area contributed by atoms with Crippen LogP contribution in [0.3, 0.4) is 0 Å². The van der Waals surface area contributed by atoms with Gasteiger partial charge in [-0.15, -0.1) is 0 Å². The summed E-state index contributed by atoms with van der Waals surface area (Å²) in [5, 5.41) is 5.61. The van der Waals surface area contributed by atoms with Crippen LogP contribution in [0.1, 0.15) is 39.1 Å². The zero-order valence-corrected chi connectivity index (χ0v) is 20.2. The Kier molecular flexibility index (Phi) is 7.48. The first kappa shape index (κ1) is 24.4. The molecule has 1 aliphatic rings. The van der Waals surface area contributed by atoms with E-state index in [2.05, 4.69) is 10.6 Å².